The zero-order chi connectivity index (χ0) is 10.7. The van der Waals surface area contributed by atoms with E-state index in [1.807, 2.05) is 17.5 Å². The fourth-order valence-corrected chi connectivity index (χ4v) is 3.08. The van der Waals surface area contributed by atoms with Gasteiger partial charge in [0.15, 0.2) is 0 Å². The molecule has 84 valence electrons. The van der Waals surface area contributed by atoms with Gasteiger partial charge in [0.05, 0.1) is 5.01 Å². The van der Waals surface area contributed by atoms with E-state index in [1.54, 1.807) is 0 Å². The summed E-state index contributed by atoms with van der Waals surface area (Å²) >= 11 is 1.81. The molecule has 0 bridgehead atoms. The summed E-state index contributed by atoms with van der Waals surface area (Å²) in [5, 5.41) is 4.89. The van der Waals surface area contributed by atoms with Crippen molar-refractivity contribution >= 4 is 11.3 Å². The molecule has 1 aromatic heterocycles. The molecule has 0 spiro atoms. The Morgan fingerprint density at radius 1 is 1.40 bits per heavy atom. The monoisotopic (exact) mass is 224 g/mol. The van der Waals surface area contributed by atoms with Gasteiger partial charge in [-0.15, -0.1) is 11.3 Å². The molecule has 0 radical (unpaired) electrons. The number of nitrogens with zero attached hydrogens (tertiary/aromatic N) is 1. The van der Waals surface area contributed by atoms with Crippen LogP contribution in [0.15, 0.2) is 6.20 Å². The standard InChI is InChI=1S/C12H20N2S/c1-9(12-8-13-10(2)15-12)14-11-6-4-3-5-7-11/h8-9,11,14H,3-7H2,1-2H3. The van der Waals surface area contributed by atoms with E-state index in [-0.39, 0.29) is 0 Å². The van der Waals surface area contributed by atoms with Crippen molar-refractivity contribution in [3.63, 3.8) is 0 Å². The fourth-order valence-electron chi connectivity index (χ4n) is 2.28. The van der Waals surface area contributed by atoms with E-state index in [2.05, 4.69) is 24.1 Å². The molecule has 2 rings (SSSR count). The first-order valence-electron chi connectivity index (χ1n) is 5.94. The van der Waals surface area contributed by atoms with Crippen molar-refractivity contribution in [1.29, 1.82) is 0 Å². The van der Waals surface area contributed by atoms with Crippen molar-refractivity contribution in [2.24, 2.45) is 0 Å². The van der Waals surface area contributed by atoms with Crippen LogP contribution in [0.25, 0.3) is 0 Å². The average Bonchev–Trinajstić information content (AvgIpc) is 2.66. The Kier molecular flexibility index (Phi) is 3.76. The third-order valence-corrected chi connectivity index (χ3v) is 4.25. The highest BCUT2D eigenvalue weighted by atomic mass is 32.1. The highest BCUT2D eigenvalue weighted by Crippen LogP contribution is 2.24. The summed E-state index contributed by atoms with van der Waals surface area (Å²) in [4.78, 5) is 5.68. The summed E-state index contributed by atoms with van der Waals surface area (Å²) in [7, 11) is 0. The Labute approximate surface area is 96.1 Å². The van der Waals surface area contributed by atoms with Crippen molar-refractivity contribution in [2.45, 2.75) is 58.0 Å². The number of rotatable bonds is 3. The van der Waals surface area contributed by atoms with E-state index in [1.165, 1.54) is 42.0 Å². The molecule has 1 unspecified atom stereocenters. The van der Waals surface area contributed by atoms with Crippen LogP contribution in [0.2, 0.25) is 0 Å². The number of nitrogens with one attached hydrogen (secondary N) is 1. The molecule has 3 heteroatoms. The zero-order valence-corrected chi connectivity index (χ0v) is 10.4. The Bertz CT molecular complexity index is 302. The Morgan fingerprint density at radius 2 is 2.13 bits per heavy atom. The second-order valence-corrected chi connectivity index (χ2v) is 5.77. The summed E-state index contributed by atoms with van der Waals surface area (Å²) < 4.78 is 0. The van der Waals surface area contributed by atoms with Gasteiger partial charge in [0.2, 0.25) is 0 Å². The molecule has 0 aromatic carbocycles. The molecular weight excluding hydrogens is 204 g/mol. The number of hydrogen-bond donors (Lipinski definition) is 1. The van der Waals surface area contributed by atoms with E-state index in [0.29, 0.717) is 6.04 Å². The van der Waals surface area contributed by atoms with Crippen molar-refractivity contribution < 1.29 is 0 Å². The van der Waals surface area contributed by atoms with Crippen molar-refractivity contribution in [2.75, 3.05) is 0 Å². The van der Waals surface area contributed by atoms with E-state index in [0.717, 1.165) is 6.04 Å². The Hall–Kier alpha value is -0.410. The van der Waals surface area contributed by atoms with Crippen LogP contribution < -0.4 is 5.32 Å². The molecule has 1 N–H and O–H groups in total. The molecule has 2 nitrogen and oxygen atoms in total. The van der Waals surface area contributed by atoms with Crippen LogP contribution in [-0.4, -0.2) is 11.0 Å². The van der Waals surface area contributed by atoms with Gasteiger partial charge in [0.1, 0.15) is 0 Å². The van der Waals surface area contributed by atoms with Gasteiger partial charge in [0.25, 0.3) is 0 Å². The smallest absolute Gasteiger partial charge is 0.0897 e. The van der Waals surface area contributed by atoms with Gasteiger partial charge in [-0.1, -0.05) is 19.3 Å². The highest BCUT2D eigenvalue weighted by molar-refractivity contribution is 7.11. The van der Waals surface area contributed by atoms with Crippen molar-refractivity contribution in [3.8, 4) is 0 Å². The minimum absolute atomic E-state index is 0.472. The van der Waals surface area contributed by atoms with Crippen LogP contribution in [0.3, 0.4) is 0 Å². The molecule has 1 aliphatic rings. The summed E-state index contributed by atoms with van der Waals surface area (Å²) in [6.45, 7) is 4.32. The largest absolute Gasteiger partial charge is 0.307 e. The number of thiazole rings is 1. The third-order valence-electron chi connectivity index (χ3n) is 3.16. The first-order valence-corrected chi connectivity index (χ1v) is 6.76. The lowest BCUT2D eigenvalue weighted by molar-refractivity contribution is 0.348. The third kappa shape index (κ3) is 3.02. The molecule has 0 amide bonds. The minimum atomic E-state index is 0.472. The van der Waals surface area contributed by atoms with Crippen molar-refractivity contribution in [3.05, 3.63) is 16.1 Å². The normalized spacial score (nSPS) is 20.4. The number of aromatic nitrogens is 1. The average molecular weight is 224 g/mol. The summed E-state index contributed by atoms with van der Waals surface area (Å²) in [5.41, 5.74) is 0. The summed E-state index contributed by atoms with van der Waals surface area (Å²) in [5.74, 6) is 0. The van der Waals surface area contributed by atoms with Gasteiger partial charge in [-0.3, -0.25) is 0 Å². The second-order valence-electron chi connectivity index (χ2n) is 4.50. The molecule has 1 aliphatic carbocycles. The van der Waals surface area contributed by atoms with Crippen LogP contribution in [0.4, 0.5) is 0 Å². The van der Waals surface area contributed by atoms with Gasteiger partial charge < -0.3 is 5.32 Å². The van der Waals surface area contributed by atoms with Crippen LogP contribution >= 0.6 is 11.3 Å². The predicted octanol–water partition coefficient (Wildman–Crippen LogP) is 3.43. The lowest BCUT2D eigenvalue weighted by Gasteiger charge is -2.25. The van der Waals surface area contributed by atoms with E-state index in [4.69, 9.17) is 0 Å². The SMILES string of the molecule is Cc1ncc(C(C)NC2CCCCC2)s1. The van der Waals surface area contributed by atoms with Gasteiger partial charge in [-0.05, 0) is 26.7 Å². The summed E-state index contributed by atoms with van der Waals surface area (Å²) in [6.07, 6.45) is 8.93. The molecule has 0 saturated heterocycles. The van der Waals surface area contributed by atoms with Gasteiger partial charge in [-0.2, -0.15) is 0 Å². The minimum Gasteiger partial charge on any atom is -0.307 e. The molecule has 15 heavy (non-hydrogen) atoms. The Balaban J connectivity index is 1.88. The van der Waals surface area contributed by atoms with Crippen molar-refractivity contribution in [1.82, 2.24) is 10.3 Å². The maximum atomic E-state index is 4.31. The second kappa shape index (κ2) is 5.08. The van der Waals surface area contributed by atoms with Gasteiger partial charge in [0, 0.05) is 23.2 Å². The predicted molar refractivity (Wildman–Crippen MR) is 65.3 cm³/mol. The lowest BCUT2D eigenvalue weighted by Crippen LogP contribution is -2.32. The maximum absolute atomic E-state index is 4.31. The first kappa shape index (κ1) is 11.1. The number of hydrogen-bond acceptors (Lipinski definition) is 3. The van der Waals surface area contributed by atoms with Crippen LogP contribution in [0, 0.1) is 6.92 Å². The fraction of sp³-hybridized carbons (Fsp3) is 0.750. The van der Waals surface area contributed by atoms with Gasteiger partial charge >= 0.3 is 0 Å². The molecule has 1 fully saturated rings. The molecule has 1 saturated carbocycles. The van der Waals surface area contributed by atoms with Crippen LogP contribution in [0.1, 0.15) is 55.0 Å². The molecule has 1 heterocycles. The summed E-state index contributed by atoms with van der Waals surface area (Å²) in [6, 6.07) is 1.20. The maximum Gasteiger partial charge on any atom is 0.0897 e. The zero-order valence-electron chi connectivity index (χ0n) is 9.62. The van der Waals surface area contributed by atoms with Crippen LogP contribution in [-0.2, 0) is 0 Å². The Morgan fingerprint density at radius 3 is 2.73 bits per heavy atom. The van der Waals surface area contributed by atoms with E-state index in [9.17, 15) is 0 Å². The highest BCUT2D eigenvalue weighted by Gasteiger charge is 2.17. The topological polar surface area (TPSA) is 24.9 Å². The van der Waals surface area contributed by atoms with E-state index < -0.39 is 0 Å². The van der Waals surface area contributed by atoms with Crippen LogP contribution in [0.5, 0.6) is 0 Å². The first-order chi connectivity index (χ1) is 7.25. The molecule has 1 aromatic rings. The molecular formula is C12H20N2S. The lowest BCUT2D eigenvalue weighted by atomic mass is 9.95. The van der Waals surface area contributed by atoms with E-state index >= 15 is 0 Å². The molecule has 1 atom stereocenters. The number of aryl methyl sites for hydroxylation is 1. The molecule has 0 aliphatic heterocycles. The quantitative estimate of drug-likeness (QED) is 0.850. The van der Waals surface area contributed by atoms with Gasteiger partial charge in [-0.25, -0.2) is 4.98 Å².